The summed E-state index contributed by atoms with van der Waals surface area (Å²) >= 11 is 4.56. The van der Waals surface area contributed by atoms with Crippen LogP contribution in [0, 0.1) is 24.6 Å². The Morgan fingerprint density at radius 2 is 1.52 bits per heavy atom. The molecule has 0 N–H and O–H groups in total. The van der Waals surface area contributed by atoms with Gasteiger partial charge in [-0.25, -0.2) is 4.39 Å². The molecule has 3 rings (SSSR count). The van der Waals surface area contributed by atoms with E-state index in [0.717, 1.165) is 17.5 Å². The molecular weight excluding hydrogens is 377 g/mol. The van der Waals surface area contributed by atoms with Gasteiger partial charge < -0.3 is 0 Å². The van der Waals surface area contributed by atoms with E-state index in [9.17, 15) is 4.39 Å². The highest BCUT2D eigenvalue weighted by Gasteiger charge is 2.06. The number of thiocarbonyl (C=S) groups is 1. The first-order chi connectivity index (χ1) is 14.1. The molecule has 0 aliphatic rings. The molecule has 0 radical (unpaired) electrons. The summed E-state index contributed by atoms with van der Waals surface area (Å²) in [6, 6.07) is 20.0. The van der Waals surface area contributed by atoms with E-state index in [2.05, 4.69) is 77.5 Å². The number of hydrogen-bond donors (Lipinski definition) is 0. The van der Waals surface area contributed by atoms with E-state index in [1.807, 2.05) is 12.1 Å². The Kier molecular flexibility index (Phi) is 7.09. The van der Waals surface area contributed by atoms with E-state index in [1.54, 1.807) is 13.0 Å². The number of rotatable bonds is 5. The molecule has 29 heavy (non-hydrogen) atoms. The third-order valence-corrected chi connectivity index (χ3v) is 4.85. The van der Waals surface area contributed by atoms with Crippen LogP contribution < -0.4 is 0 Å². The maximum absolute atomic E-state index is 14.1. The lowest BCUT2D eigenvalue weighted by Gasteiger charge is -2.04. The molecule has 1 nitrogen and oxygen atoms in total. The first-order valence-electron chi connectivity index (χ1n) is 9.70. The number of isothiocyanates is 1. The maximum atomic E-state index is 14.1. The molecule has 0 amide bonds. The van der Waals surface area contributed by atoms with Gasteiger partial charge in [0.15, 0.2) is 5.82 Å². The Balaban J connectivity index is 1.76. The summed E-state index contributed by atoms with van der Waals surface area (Å²) in [4.78, 5) is 3.77. The minimum Gasteiger partial charge on any atom is -0.205 e. The fourth-order valence-corrected chi connectivity index (χ4v) is 3.22. The molecule has 0 saturated carbocycles. The average molecular weight is 400 g/mol. The number of aryl methyl sites for hydroxylation is 2. The van der Waals surface area contributed by atoms with E-state index in [0.29, 0.717) is 11.1 Å². The molecule has 0 aliphatic carbocycles. The predicted molar refractivity (Wildman–Crippen MR) is 122 cm³/mol. The summed E-state index contributed by atoms with van der Waals surface area (Å²) < 4.78 is 14.1. The minimum atomic E-state index is -0.440. The van der Waals surface area contributed by atoms with Crippen LogP contribution in [0.25, 0.3) is 11.1 Å². The summed E-state index contributed by atoms with van der Waals surface area (Å²) in [5.74, 6) is 5.67. The highest BCUT2D eigenvalue weighted by atomic mass is 32.1. The van der Waals surface area contributed by atoms with Gasteiger partial charge in [0, 0.05) is 11.1 Å². The van der Waals surface area contributed by atoms with Gasteiger partial charge in [-0.05, 0) is 78.5 Å². The lowest BCUT2D eigenvalue weighted by atomic mass is 10.0. The van der Waals surface area contributed by atoms with Crippen LogP contribution in [0.1, 0.15) is 42.0 Å². The quantitative estimate of drug-likeness (QED) is 0.249. The van der Waals surface area contributed by atoms with Crippen LogP contribution in [0.5, 0.6) is 0 Å². The highest BCUT2D eigenvalue weighted by Crippen LogP contribution is 2.24. The van der Waals surface area contributed by atoms with E-state index < -0.39 is 5.82 Å². The molecule has 3 aromatic carbocycles. The second-order valence-corrected chi connectivity index (χ2v) is 7.14. The first-order valence-corrected chi connectivity index (χ1v) is 10.1. The fourth-order valence-electron chi connectivity index (χ4n) is 3.13. The van der Waals surface area contributed by atoms with E-state index in [-0.39, 0.29) is 5.69 Å². The van der Waals surface area contributed by atoms with Gasteiger partial charge in [-0.15, -0.1) is 0 Å². The topological polar surface area (TPSA) is 12.4 Å². The van der Waals surface area contributed by atoms with Crippen molar-refractivity contribution in [3.8, 4) is 23.0 Å². The summed E-state index contributed by atoms with van der Waals surface area (Å²) in [5.41, 5.74) is 6.12. The summed E-state index contributed by atoms with van der Waals surface area (Å²) in [5, 5.41) is 2.21. The standard InChI is InChI=1S/C26H22FNS/c1-3-4-5-20-8-12-23(13-9-20)24-14-10-21(11-15-24)6-7-22-16-19(2)26(28-18-29)25(27)17-22/h8-17H,3-5H2,1-2H3. The van der Waals surface area contributed by atoms with E-state index in [1.165, 1.54) is 30.0 Å². The fraction of sp³-hybridized carbons (Fsp3) is 0.192. The van der Waals surface area contributed by atoms with Crippen molar-refractivity contribution < 1.29 is 4.39 Å². The number of hydrogen-bond acceptors (Lipinski definition) is 2. The lowest BCUT2D eigenvalue weighted by molar-refractivity contribution is 0.628. The number of unbranched alkanes of at least 4 members (excludes halogenated alkanes) is 1. The monoisotopic (exact) mass is 399 g/mol. The largest absolute Gasteiger partial charge is 0.205 e. The van der Waals surface area contributed by atoms with Crippen LogP contribution in [-0.2, 0) is 6.42 Å². The molecule has 0 saturated heterocycles. The number of aliphatic imine (C=N–C) groups is 1. The molecule has 0 atom stereocenters. The molecule has 3 heteroatoms. The second kappa shape index (κ2) is 9.94. The first kappa shape index (κ1) is 20.7. The minimum absolute atomic E-state index is 0.218. The molecule has 3 aromatic rings. The van der Waals surface area contributed by atoms with Crippen molar-refractivity contribution in [2.24, 2.45) is 4.99 Å². The number of nitrogens with zero attached hydrogens (tertiary/aromatic N) is 1. The zero-order chi connectivity index (χ0) is 20.6. The van der Waals surface area contributed by atoms with Crippen LogP contribution in [0.2, 0.25) is 0 Å². The van der Waals surface area contributed by atoms with Gasteiger partial charge in [0.1, 0.15) is 5.69 Å². The molecule has 144 valence electrons. The van der Waals surface area contributed by atoms with Crippen LogP contribution in [0.3, 0.4) is 0 Å². The third-order valence-electron chi connectivity index (χ3n) is 4.75. The zero-order valence-corrected chi connectivity index (χ0v) is 17.4. The van der Waals surface area contributed by atoms with Crippen molar-refractivity contribution in [3.05, 3.63) is 88.7 Å². The smallest absolute Gasteiger partial charge is 0.151 e. The molecule has 0 aromatic heterocycles. The van der Waals surface area contributed by atoms with E-state index >= 15 is 0 Å². The molecule has 0 unspecified atom stereocenters. The second-order valence-electron chi connectivity index (χ2n) is 6.95. The molecule has 0 aliphatic heterocycles. The summed E-state index contributed by atoms with van der Waals surface area (Å²) in [7, 11) is 0. The third kappa shape index (κ3) is 5.48. The molecule has 0 fully saturated rings. The van der Waals surface area contributed by atoms with Crippen molar-refractivity contribution >= 4 is 23.1 Å². The Labute approximate surface area is 177 Å². The van der Waals surface area contributed by atoms with Crippen LogP contribution in [0.15, 0.2) is 65.7 Å². The predicted octanol–water partition coefficient (Wildman–Crippen LogP) is 7.28. The molecule has 0 spiro atoms. The Morgan fingerprint density at radius 3 is 2.10 bits per heavy atom. The molecule has 0 heterocycles. The van der Waals surface area contributed by atoms with Gasteiger partial charge in [0.2, 0.25) is 0 Å². The normalized spacial score (nSPS) is 10.0. The van der Waals surface area contributed by atoms with Gasteiger partial charge in [-0.2, -0.15) is 4.99 Å². The van der Waals surface area contributed by atoms with Crippen molar-refractivity contribution in [2.45, 2.75) is 33.1 Å². The van der Waals surface area contributed by atoms with Gasteiger partial charge in [-0.3, -0.25) is 0 Å². The highest BCUT2D eigenvalue weighted by molar-refractivity contribution is 7.78. The molecular formula is C26H22FNS. The number of halogens is 1. The summed E-state index contributed by atoms with van der Waals surface area (Å²) in [6.07, 6.45) is 3.56. The van der Waals surface area contributed by atoms with Crippen molar-refractivity contribution in [1.82, 2.24) is 0 Å². The Morgan fingerprint density at radius 1 is 0.897 bits per heavy atom. The SMILES string of the molecule is CCCCc1ccc(-c2ccc(C#Cc3cc(C)c(N=C=S)c(F)c3)cc2)cc1. The Bertz CT molecular complexity index is 1070. The van der Waals surface area contributed by atoms with Gasteiger partial charge in [0.05, 0.1) is 5.16 Å². The van der Waals surface area contributed by atoms with Crippen LogP contribution in [0.4, 0.5) is 10.1 Å². The average Bonchev–Trinajstić information content (AvgIpc) is 2.74. The van der Waals surface area contributed by atoms with Crippen LogP contribution >= 0.6 is 12.2 Å². The molecule has 0 bridgehead atoms. The van der Waals surface area contributed by atoms with Crippen molar-refractivity contribution in [3.63, 3.8) is 0 Å². The van der Waals surface area contributed by atoms with Crippen LogP contribution in [-0.4, -0.2) is 5.16 Å². The maximum Gasteiger partial charge on any atom is 0.151 e. The van der Waals surface area contributed by atoms with E-state index in [4.69, 9.17) is 0 Å². The number of benzene rings is 3. The Hall–Kier alpha value is -3.05. The van der Waals surface area contributed by atoms with Gasteiger partial charge in [0.25, 0.3) is 0 Å². The van der Waals surface area contributed by atoms with Crippen molar-refractivity contribution in [1.29, 1.82) is 0 Å². The lowest BCUT2D eigenvalue weighted by Crippen LogP contribution is -1.86. The van der Waals surface area contributed by atoms with Crippen molar-refractivity contribution in [2.75, 3.05) is 0 Å². The van der Waals surface area contributed by atoms with Gasteiger partial charge in [-0.1, -0.05) is 61.6 Å². The van der Waals surface area contributed by atoms with Gasteiger partial charge >= 0.3 is 0 Å². The zero-order valence-electron chi connectivity index (χ0n) is 16.6. The summed E-state index contributed by atoms with van der Waals surface area (Å²) in [6.45, 7) is 3.99.